The third kappa shape index (κ3) is 1.59. The van der Waals surface area contributed by atoms with Gasteiger partial charge in [-0.2, -0.15) is 0 Å². The summed E-state index contributed by atoms with van der Waals surface area (Å²) in [5, 5.41) is 3.39. The third-order valence-electron chi connectivity index (χ3n) is 3.57. The minimum Gasteiger partial charge on any atom is -0.317 e. The van der Waals surface area contributed by atoms with Crippen LogP contribution in [0.15, 0.2) is 0 Å². The predicted octanol–water partition coefficient (Wildman–Crippen LogP) is 0.834. The van der Waals surface area contributed by atoms with Crippen LogP contribution in [-0.4, -0.2) is 36.6 Å². The van der Waals surface area contributed by atoms with Gasteiger partial charge in [0.15, 0.2) is 0 Å². The molecule has 0 spiro atoms. The molecular weight excluding hydrogens is 160 g/mol. The summed E-state index contributed by atoms with van der Waals surface area (Å²) in [4.78, 5) is 2.52. The fraction of sp³-hybridized carbons (Fsp3) is 0.818. The quantitative estimate of drug-likeness (QED) is 0.630. The lowest BCUT2D eigenvalue weighted by Crippen LogP contribution is -2.48. The lowest BCUT2D eigenvalue weighted by molar-refractivity contribution is 0.136. The van der Waals surface area contributed by atoms with Crippen LogP contribution in [0.2, 0.25) is 0 Å². The van der Waals surface area contributed by atoms with Crippen LogP contribution >= 0.6 is 0 Å². The molecule has 0 aliphatic carbocycles. The van der Waals surface area contributed by atoms with E-state index in [2.05, 4.69) is 23.2 Å². The van der Waals surface area contributed by atoms with Gasteiger partial charge in [0.25, 0.3) is 0 Å². The van der Waals surface area contributed by atoms with Crippen LogP contribution in [0.1, 0.15) is 25.7 Å². The lowest BCUT2D eigenvalue weighted by Gasteiger charge is -2.37. The fourth-order valence-electron chi connectivity index (χ4n) is 2.87. The van der Waals surface area contributed by atoms with Gasteiger partial charge in [0.1, 0.15) is 0 Å². The molecule has 1 N–H and O–H groups in total. The molecule has 0 amide bonds. The predicted molar refractivity (Wildman–Crippen MR) is 54.4 cm³/mol. The number of nitrogens with one attached hydrogen (secondary N) is 1. The molecule has 2 bridgehead atoms. The zero-order valence-corrected chi connectivity index (χ0v) is 8.29. The molecule has 2 nitrogen and oxygen atoms in total. The second kappa shape index (κ2) is 3.69. The number of nitrogens with zero attached hydrogens (tertiary/aromatic N) is 1. The van der Waals surface area contributed by atoms with Crippen LogP contribution in [-0.2, 0) is 0 Å². The number of piperidine rings is 1. The van der Waals surface area contributed by atoms with Gasteiger partial charge in [-0.1, -0.05) is 5.92 Å². The summed E-state index contributed by atoms with van der Waals surface area (Å²) in [6.07, 6.45) is 10.6. The van der Waals surface area contributed by atoms with Gasteiger partial charge in [-0.3, -0.25) is 4.90 Å². The van der Waals surface area contributed by atoms with Crippen LogP contribution in [0.5, 0.6) is 0 Å². The summed E-state index contributed by atoms with van der Waals surface area (Å²) in [7, 11) is 2.07. The van der Waals surface area contributed by atoms with E-state index >= 15 is 0 Å². The molecule has 2 atom stereocenters. The van der Waals surface area contributed by atoms with Gasteiger partial charge in [-0.05, 0) is 32.7 Å². The molecule has 0 aromatic carbocycles. The molecule has 2 heterocycles. The molecule has 2 fully saturated rings. The highest BCUT2D eigenvalue weighted by atomic mass is 15.2. The van der Waals surface area contributed by atoms with Crippen molar-refractivity contribution in [1.82, 2.24) is 10.2 Å². The number of hydrogen-bond donors (Lipinski definition) is 1. The van der Waals surface area contributed by atoms with E-state index in [0.29, 0.717) is 0 Å². The Balaban J connectivity index is 2.01. The standard InChI is InChI=1S/C11H18N2/c1-3-6-13-10-4-5-11(13)8-9(7-10)12-2/h1,9-12H,4-8H2,2H3. The van der Waals surface area contributed by atoms with Crippen molar-refractivity contribution in [3.8, 4) is 12.3 Å². The van der Waals surface area contributed by atoms with Crippen molar-refractivity contribution < 1.29 is 0 Å². The maximum absolute atomic E-state index is 5.37. The molecule has 2 aliphatic rings. The number of rotatable bonds is 2. The Hall–Kier alpha value is -0.520. The Morgan fingerprint density at radius 1 is 1.38 bits per heavy atom. The Morgan fingerprint density at radius 2 is 2.00 bits per heavy atom. The van der Waals surface area contributed by atoms with Crippen molar-refractivity contribution >= 4 is 0 Å². The molecule has 0 radical (unpaired) electrons. The molecule has 2 rings (SSSR count). The molecular formula is C11H18N2. The SMILES string of the molecule is C#CCN1C2CCC1CC(NC)C2. The Labute approximate surface area is 80.7 Å². The van der Waals surface area contributed by atoms with Crippen LogP contribution < -0.4 is 5.32 Å². The van der Waals surface area contributed by atoms with E-state index in [0.717, 1.165) is 24.7 Å². The third-order valence-corrected chi connectivity index (χ3v) is 3.57. The van der Waals surface area contributed by atoms with E-state index in [-0.39, 0.29) is 0 Å². The van der Waals surface area contributed by atoms with Gasteiger partial charge in [-0.25, -0.2) is 0 Å². The first kappa shape index (κ1) is 9.05. The Bertz CT molecular complexity index is 205. The zero-order valence-electron chi connectivity index (χ0n) is 8.29. The first-order valence-electron chi connectivity index (χ1n) is 5.21. The second-order valence-corrected chi connectivity index (χ2v) is 4.22. The zero-order chi connectivity index (χ0) is 9.26. The second-order valence-electron chi connectivity index (χ2n) is 4.22. The van der Waals surface area contributed by atoms with Crippen molar-refractivity contribution in [1.29, 1.82) is 0 Å². The lowest BCUT2D eigenvalue weighted by atomic mass is 9.97. The fourth-order valence-corrected chi connectivity index (χ4v) is 2.87. The number of hydrogen-bond acceptors (Lipinski definition) is 2. The monoisotopic (exact) mass is 178 g/mol. The van der Waals surface area contributed by atoms with Gasteiger partial charge in [0, 0.05) is 18.1 Å². The van der Waals surface area contributed by atoms with E-state index in [9.17, 15) is 0 Å². The van der Waals surface area contributed by atoms with Crippen molar-refractivity contribution in [2.45, 2.75) is 43.8 Å². The van der Waals surface area contributed by atoms with Gasteiger partial charge in [-0.15, -0.1) is 6.42 Å². The van der Waals surface area contributed by atoms with Crippen molar-refractivity contribution in [2.75, 3.05) is 13.6 Å². The van der Waals surface area contributed by atoms with Crippen molar-refractivity contribution in [2.24, 2.45) is 0 Å². The normalized spacial score (nSPS) is 38.9. The van der Waals surface area contributed by atoms with Gasteiger partial charge in [0.2, 0.25) is 0 Å². The number of fused-ring (bicyclic) bond motifs is 2. The Morgan fingerprint density at radius 3 is 2.46 bits per heavy atom. The first-order chi connectivity index (χ1) is 6.35. The summed E-state index contributed by atoms with van der Waals surface area (Å²) < 4.78 is 0. The van der Waals surface area contributed by atoms with E-state index < -0.39 is 0 Å². The number of terminal acetylenes is 1. The molecule has 2 heteroatoms. The molecule has 0 aromatic rings. The molecule has 72 valence electrons. The molecule has 13 heavy (non-hydrogen) atoms. The van der Waals surface area contributed by atoms with Gasteiger partial charge < -0.3 is 5.32 Å². The van der Waals surface area contributed by atoms with Gasteiger partial charge >= 0.3 is 0 Å². The van der Waals surface area contributed by atoms with Crippen LogP contribution in [0.4, 0.5) is 0 Å². The summed E-state index contributed by atoms with van der Waals surface area (Å²) in [5.74, 6) is 2.78. The molecule has 2 saturated heterocycles. The first-order valence-corrected chi connectivity index (χ1v) is 5.21. The average molecular weight is 178 g/mol. The topological polar surface area (TPSA) is 15.3 Å². The maximum Gasteiger partial charge on any atom is 0.0603 e. The molecule has 0 saturated carbocycles. The Kier molecular flexibility index (Phi) is 2.57. The summed E-state index contributed by atoms with van der Waals surface area (Å²) in [5.41, 5.74) is 0. The van der Waals surface area contributed by atoms with E-state index in [1.165, 1.54) is 25.7 Å². The molecule has 0 aromatic heterocycles. The average Bonchev–Trinajstić information content (AvgIpc) is 2.39. The molecule has 2 aliphatic heterocycles. The van der Waals surface area contributed by atoms with Crippen LogP contribution in [0.25, 0.3) is 0 Å². The van der Waals surface area contributed by atoms with Crippen LogP contribution in [0.3, 0.4) is 0 Å². The highest BCUT2D eigenvalue weighted by molar-refractivity contribution is 5.01. The van der Waals surface area contributed by atoms with E-state index in [1.807, 2.05) is 0 Å². The summed E-state index contributed by atoms with van der Waals surface area (Å²) in [6, 6.07) is 2.24. The van der Waals surface area contributed by atoms with Crippen LogP contribution in [0, 0.1) is 12.3 Å². The minimum absolute atomic E-state index is 0.728. The van der Waals surface area contributed by atoms with E-state index in [4.69, 9.17) is 6.42 Å². The van der Waals surface area contributed by atoms with Crippen molar-refractivity contribution in [3.63, 3.8) is 0 Å². The van der Waals surface area contributed by atoms with E-state index in [1.54, 1.807) is 0 Å². The van der Waals surface area contributed by atoms with Crippen molar-refractivity contribution in [3.05, 3.63) is 0 Å². The molecule has 2 unspecified atom stereocenters. The summed E-state index contributed by atoms with van der Waals surface area (Å²) >= 11 is 0. The maximum atomic E-state index is 5.37. The largest absolute Gasteiger partial charge is 0.317 e. The minimum atomic E-state index is 0.728. The summed E-state index contributed by atoms with van der Waals surface area (Å²) in [6.45, 7) is 0.853. The smallest absolute Gasteiger partial charge is 0.0603 e. The highest BCUT2D eigenvalue weighted by Crippen LogP contribution is 2.34. The van der Waals surface area contributed by atoms with Gasteiger partial charge in [0.05, 0.1) is 6.54 Å². The highest BCUT2D eigenvalue weighted by Gasteiger charge is 2.39.